The van der Waals surface area contributed by atoms with Crippen LogP contribution in [0.3, 0.4) is 0 Å². The topological polar surface area (TPSA) is 74.2 Å². The largest absolute Gasteiger partial charge is 0.497 e. The van der Waals surface area contributed by atoms with Crippen LogP contribution in [0.15, 0.2) is 40.5 Å². The number of benzene rings is 1. The molecular weight excluding hydrogens is 394 g/mol. The number of ether oxygens (including phenoxy) is 3. The fraction of sp³-hybridized carbons (Fsp3) is 0.560. The van der Waals surface area contributed by atoms with Crippen molar-refractivity contribution >= 4 is 17.5 Å². The predicted molar refractivity (Wildman–Crippen MR) is 117 cm³/mol. The molecule has 2 aliphatic heterocycles. The summed E-state index contributed by atoms with van der Waals surface area (Å²) < 4.78 is 16.5. The van der Waals surface area contributed by atoms with Gasteiger partial charge >= 0.3 is 5.97 Å². The number of rotatable bonds is 5. The van der Waals surface area contributed by atoms with Gasteiger partial charge in [-0.2, -0.15) is 0 Å². The minimum absolute atomic E-state index is 0.0518. The molecule has 0 spiro atoms. The van der Waals surface area contributed by atoms with Crippen LogP contribution >= 0.6 is 0 Å². The number of nitrogens with zero attached hydrogens (tertiary/aromatic N) is 1. The highest BCUT2D eigenvalue weighted by Crippen LogP contribution is 2.47. The van der Waals surface area contributed by atoms with Crippen molar-refractivity contribution in [2.45, 2.75) is 58.5 Å². The van der Waals surface area contributed by atoms with Crippen molar-refractivity contribution in [3.63, 3.8) is 0 Å². The normalized spacial score (nSPS) is 27.5. The van der Waals surface area contributed by atoms with Gasteiger partial charge in [0.1, 0.15) is 18.1 Å². The summed E-state index contributed by atoms with van der Waals surface area (Å²) in [7, 11) is 1.62. The number of carbonyl (C=O) groups is 2. The molecule has 2 fully saturated rings. The molecule has 6 nitrogen and oxygen atoms in total. The number of allylic oxidation sites excluding steroid dienone is 1. The SMILES string of the molecule is COc1ccc([C@H]2C(C(=O)OC[C@@H]3CCCO3)=C(C)N=C3CC(C)(C)CC(=O)[C@H]32)cc1. The van der Waals surface area contributed by atoms with E-state index in [-0.39, 0.29) is 23.9 Å². The molecule has 0 bridgehead atoms. The van der Waals surface area contributed by atoms with Crippen LogP contribution in [-0.2, 0) is 19.1 Å². The number of esters is 1. The molecule has 1 saturated carbocycles. The Morgan fingerprint density at radius 2 is 1.94 bits per heavy atom. The van der Waals surface area contributed by atoms with Gasteiger partial charge in [0.05, 0.1) is 24.7 Å². The number of hydrogen-bond donors (Lipinski definition) is 0. The van der Waals surface area contributed by atoms with E-state index in [9.17, 15) is 9.59 Å². The van der Waals surface area contributed by atoms with Gasteiger partial charge in [0.2, 0.25) is 0 Å². The quantitative estimate of drug-likeness (QED) is 0.660. The lowest BCUT2D eigenvalue weighted by molar-refractivity contribution is -0.142. The molecule has 31 heavy (non-hydrogen) atoms. The molecular formula is C25H31NO5. The molecule has 1 aromatic carbocycles. The van der Waals surface area contributed by atoms with Gasteiger partial charge in [-0.25, -0.2) is 4.79 Å². The second-order valence-corrected chi connectivity index (χ2v) is 9.55. The van der Waals surface area contributed by atoms with Crippen LogP contribution in [0.5, 0.6) is 5.75 Å². The number of carbonyl (C=O) groups excluding carboxylic acids is 2. The number of hydrogen-bond acceptors (Lipinski definition) is 6. The molecule has 0 radical (unpaired) electrons. The van der Waals surface area contributed by atoms with Gasteiger partial charge < -0.3 is 14.2 Å². The Labute approximate surface area is 183 Å². The summed E-state index contributed by atoms with van der Waals surface area (Å²) in [6, 6.07) is 7.59. The zero-order chi connectivity index (χ0) is 22.2. The first-order valence-electron chi connectivity index (χ1n) is 11.0. The van der Waals surface area contributed by atoms with E-state index in [4.69, 9.17) is 19.2 Å². The molecule has 1 aliphatic carbocycles. The van der Waals surface area contributed by atoms with Crippen molar-refractivity contribution in [2.75, 3.05) is 20.3 Å². The highest BCUT2D eigenvalue weighted by atomic mass is 16.6. The van der Waals surface area contributed by atoms with E-state index in [1.54, 1.807) is 7.11 Å². The van der Waals surface area contributed by atoms with E-state index < -0.39 is 17.8 Å². The minimum atomic E-state index is -0.435. The maximum atomic E-state index is 13.3. The smallest absolute Gasteiger partial charge is 0.336 e. The van der Waals surface area contributed by atoms with E-state index in [1.807, 2.05) is 31.2 Å². The summed E-state index contributed by atoms with van der Waals surface area (Å²) in [5.74, 6) is -0.385. The molecule has 6 heteroatoms. The monoisotopic (exact) mass is 425 g/mol. The Hall–Kier alpha value is -2.47. The van der Waals surface area contributed by atoms with Crippen LogP contribution in [-0.4, -0.2) is 43.9 Å². The first kappa shape index (κ1) is 21.8. The highest BCUT2D eigenvalue weighted by Gasteiger charge is 2.47. The summed E-state index contributed by atoms with van der Waals surface area (Å²) in [6.45, 7) is 6.97. The summed E-state index contributed by atoms with van der Waals surface area (Å²) in [4.78, 5) is 31.3. The Kier molecular flexibility index (Phi) is 6.02. The number of ketones is 1. The Balaban J connectivity index is 1.71. The van der Waals surface area contributed by atoms with Gasteiger partial charge in [0, 0.05) is 30.4 Å². The van der Waals surface area contributed by atoms with Gasteiger partial charge in [-0.3, -0.25) is 9.79 Å². The van der Waals surface area contributed by atoms with Crippen molar-refractivity contribution in [3.8, 4) is 5.75 Å². The molecule has 3 atom stereocenters. The molecule has 2 heterocycles. The van der Waals surface area contributed by atoms with Gasteiger partial charge in [-0.05, 0) is 49.3 Å². The molecule has 0 N–H and O–H groups in total. The number of aliphatic imine (C=N–C) groups is 1. The molecule has 1 aromatic rings. The fourth-order valence-electron chi connectivity index (χ4n) is 5.05. The lowest BCUT2D eigenvalue weighted by Gasteiger charge is -2.41. The first-order chi connectivity index (χ1) is 14.8. The second-order valence-electron chi connectivity index (χ2n) is 9.55. The highest BCUT2D eigenvalue weighted by molar-refractivity contribution is 6.12. The van der Waals surface area contributed by atoms with Crippen molar-refractivity contribution in [3.05, 3.63) is 41.1 Å². The van der Waals surface area contributed by atoms with Crippen molar-refractivity contribution in [1.29, 1.82) is 0 Å². The van der Waals surface area contributed by atoms with Crippen molar-refractivity contribution < 1.29 is 23.8 Å². The van der Waals surface area contributed by atoms with Gasteiger partial charge in [0.15, 0.2) is 0 Å². The predicted octanol–water partition coefficient (Wildman–Crippen LogP) is 4.23. The van der Waals surface area contributed by atoms with Gasteiger partial charge in [0.25, 0.3) is 0 Å². The molecule has 0 amide bonds. The Morgan fingerprint density at radius 3 is 2.58 bits per heavy atom. The van der Waals surface area contributed by atoms with Crippen molar-refractivity contribution in [1.82, 2.24) is 0 Å². The van der Waals surface area contributed by atoms with Crippen LogP contribution in [0.2, 0.25) is 0 Å². The summed E-state index contributed by atoms with van der Waals surface area (Å²) in [5, 5.41) is 0. The zero-order valence-electron chi connectivity index (χ0n) is 18.8. The third-order valence-corrected chi connectivity index (χ3v) is 6.48. The molecule has 166 valence electrons. The molecule has 0 unspecified atom stereocenters. The molecule has 3 aliphatic rings. The maximum absolute atomic E-state index is 13.3. The van der Waals surface area contributed by atoms with Crippen LogP contribution in [0.4, 0.5) is 0 Å². The standard InChI is InChI=1S/C25H31NO5/c1-15-21(24(28)31-14-18-6-5-11-30-18)22(16-7-9-17(29-4)10-8-16)23-19(26-15)12-25(2,3)13-20(23)27/h7-10,18,22-23H,5-6,11-14H2,1-4H3/t18-,22-,23-/m0/s1. The van der Waals surface area contributed by atoms with Crippen LogP contribution in [0.1, 0.15) is 57.9 Å². The van der Waals surface area contributed by atoms with E-state index in [1.165, 1.54) is 0 Å². The Bertz CT molecular complexity index is 922. The number of Topliss-reactive ketones (excluding diaryl/α,β-unsaturated/α-hetero) is 1. The fourth-order valence-corrected chi connectivity index (χ4v) is 5.05. The van der Waals surface area contributed by atoms with Crippen LogP contribution < -0.4 is 4.74 Å². The summed E-state index contributed by atoms with van der Waals surface area (Å²) in [5.41, 5.74) is 2.75. The molecule has 1 saturated heterocycles. The average Bonchev–Trinajstić information content (AvgIpc) is 3.24. The first-order valence-corrected chi connectivity index (χ1v) is 11.0. The van der Waals surface area contributed by atoms with E-state index >= 15 is 0 Å². The van der Waals surface area contributed by atoms with Crippen LogP contribution in [0, 0.1) is 11.3 Å². The lowest BCUT2D eigenvalue weighted by Crippen LogP contribution is -2.44. The van der Waals surface area contributed by atoms with Gasteiger partial charge in [-0.15, -0.1) is 0 Å². The van der Waals surface area contributed by atoms with E-state index in [0.29, 0.717) is 24.3 Å². The lowest BCUT2D eigenvalue weighted by atomic mass is 9.63. The second kappa shape index (κ2) is 8.58. The Morgan fingerprint density at radius 1 is 1.19 bits per heavy atom. The average molecular weight is 426 g/mol. The third kappa shape index (κ3) is 4.45. The summed E-state index contributed by atoms with van der Waals surface area (Å²) in [6.07, 6.45) is 3.04. The van der Waals surface area contributed by atoms with Gasteiger partial charge in [-0.1, -0.05) is 26.0 Å². The number of fused-ring (bicyclic) bond motifs is 1. The van der Waals surface area contributed by atoms with E-state index in [0.717, 1.165) is 36.3 Å². The molecule has 0 aromatic heterocycles. The van der Waals surface area contributed by atoms with Crippen LogP contribution in [0.25, 0.3) is 0 Å². The van der Waals surface area contributed by atoms with E-state index in [2.05, 4.69) is 13.8 Å². The number of methoxy groups -OCH3 is 1. The maximum Gasteiger partial charge on any atom is 0.336 e. The molecule has 4 rings (SSSR count). The zero-order valence-corrected chi connectivity index (χ0v) is 18.8. The third-order valence-electron chi connectivity index (χ3n) is 6.48. The van der Waals surface area contributed by atoms with Crippen molar-refractivity contribution in [2.24, 2.45) is 16.3 Å². The minimum Gasteiger partial charge on any atom is -0.497 e. The summed E-state index contributed by atoms with van der Waals surface area (Å²) >= 11 is 0.